The van der Waals surface area contributed by atoms with Crippen LogP contribution in [0, 0.1) is 18.6 Å². The standard InChI is InChI=1S/C23H24F2N4O2/c1-13-17(12-20(30)27-14(2)16-6-5-15(24)11-18(16)25)23(31)28-19-7-8-26-22(21(13)19)29-9-3-4-10-29/h5-8,11,14H,3-4,9-10,12H2,1-2H3,(H,27,30)(H,28,31)/t14-/m0/s1. The molecule has 3 heterocycles. The zero-order valence-electron chi connectivity index (χ0n) is 17.5. The van der Waals surface area contributed by atoms with E-state index in [0.717, 1.165) is 49.3 Å². The van der Waals surface area contributed by atoms with Gasteiger partial charge in [-0.3, -0.25) is 9.59 Å². The smallest absolute Gasteiger partial charge is 0.252 e. The lowest BCUT2D eigenvalue weighted by molar-refractivity contribution is -0.121. The molecule has 1 amide bonds. The Morgan fingerprint density at radius 3 is 2.71 bits per heavy atom. The van der Waals surface area contributed by atoms with Crippen LogP contribution < -0.4 is 15.8 Å². The van der Waals surface area contributed by atoms with Gasteiger partial charge in [0, 0.05) is 41.9 Å². The summed E-state index contributed by atoms with van der Waals surface area (Å²) in [5.74, 6) is -1.02. The Morgan fingerprint density at radius 2 is 2.00 bits per heavy atom. The van der Waals surface area contributed by atoms with Gasteiger partial charge in [0.15, 0.2) is 0 Å². The van der Waals surface area contributed by atoms with Crippen LogP contribution in [0.5, 0.6) is 0 Å². The molecule has 6 nitrogen and oxygen atoms in total. The summed E-state index contributed by atoms with van der Waals surface area (Å²) in [5.41, 5.74) is 1.60. The van der Waals surface area contributed by atoms with Gasteiger partial charge in [0.25, 0.3) is 5.56 Å². The molecule has 4 rings (SSSR count). The highest BCUT2D eigenvalue weighted by molar-refractivity contribution is 5.94. The number of benzene rings is 1. The van der Waals surface area contributed by atoms with Crippen molar-refractivity contribution < 1.29 is 13.6 Å². The summed E-state index contributed by atoms with van der Waals surface area (Å²) in [6.45, 7) is 5.24. The average Bonchev–Trinajstić information content (AvgIpc) is 3.25. The second kappa shape index (κ2) is 8.45. The Bertz CT molecular complexity index is 1200. The van der Waals surface area contributed by atoms with E-state index in [4.69, 9.17) is 0 Å². The number of fused-ring (bicyclic) bond motifs is 1. The monoisotopic (exact) mass is 426 g/mol. The van der Waals surface area contributed by atoms with Crippen LogP contribution in [0.3, 0.4) is 0 Å². The number of aromatic nitrogens is 2. The summed E-state index contributed by atoms with van der Waals surface area (Å²) < 4.78 is 27.2. The number of anilines is 1. The maximum atomic E-state index is 14.0. The summed E-state index contributed by atoms with van der Waals surface area (Å²) in [6, 6.07) is 4.31. The molecule has 1 aromatic carbocycles. The van der Waals surface area contributed by atoms with Gasteiger partial charge in [0.1, 0.15) is 17.5 Å². The Kier molecular flexibility index (Phi) is 5.71. The highest BCUT2D eigenvalue weighted by atomic mass is 19.1. The van der Waals surface area contributed by atoms with Crippen LogP contribution in [-0.2, 0) is 11.2 Å². The quantitative estimate of drug-likeness (QED) is 0.654. The van der Waals surface area contributed by atoms with E-state index in [-0.39, 0.29) is 17.5 Å². The Balaban J connectivity index is 1.62. The average molecular weight is 426 g/mol. The number of hydrogen-bond acceptors (Lipinski definition) is 4. The first-order valence-electron chi connectivity index (χ1n) is 10.3. The molecule has 8 heteroatoms. The van der Waals surface area contributed by atoms with Crippen molar-refractivity contribution in [1.29, 1.82) is 0 Å². The Morgan fingerprint density at radius 1 is 1.26 bits per heavy atom. The maximum Gasteiger partial charge on any atom is 0.252 e. The van der Waals surface area contributed by atoms with Crippen molar-refractivity contribution in [2.75, 3.05) is 18.0 Å². The summed E-state index contributed by atoms with van der Waals surface area (Å²) >= 11 is 0. The summed E-state index contributed by atoms with van der Waals surface area (Å²) in [4.78, 5) is 35.0. The molecule has 0 radical (unpaired) electrons. The number of nitrogens with one attached hydrogen (secondary N) is 2. The molecule has 1 fully saturated rings. The molecule has 0 unspecified atom stereocenters. The molecule has 1 aliphatic heterocycles. The van der Waals surface area contributed by atoms with Gasteiger partial charge in [-0.1, -0.05) is 6.07 Å². The number of amides is 1. The van der Waals surface area contributed by atoms with Gasteiger partial charge in [-0.05, 0) is 44.4 Å². The zero-order valence-corrected chi connectivity index (χ0v) is 17.5. The molecule has 1 saturated heterocycles. The number of carbonyl (C=O) groups is 1. The van der Waals surface area contributed by atoms with Crippen molar-refractivity contribution in [3.63, 3.8) is 0 Å². The molecule has 1 atom stereocenters. The molecule has 0 aliphatic carbocycles. The van der Waals surface area contributed by atoms with Crippen LogP contribution in [0.25, 0.3) is 10.9 Å². The van der Waals surface area contributed by atoms with Crippen molar-refractivity contribution in [3.05, 3.63) is 69.1 Å². The number of H-pyrrole nitrogens is 1. The lowest BCUT2D eigenvalue weighted by atomic mass is 10.0. The van der Waals surface area contributed by atoms with Gasteiger partial charge in [0.05, 0.1) is 18.0 Å². The van der Waals surface area contributed by atoms with Crippen LogP contribution >= 0.6 is 0 Å². The van der Waals surface area contributed by atoms with Crippen molar-refractivity contribution >= 4 is 22.6 Å². The fourth-order valence-electron chi connectivity index (χ4n) is 4.21. The lowest BCUT2D eigenvalue weighted by Gasteiger charge is -2.20. The van der Waals surface area contributed by atoms with E-state index in [1.165, 1.54) is 6.07 Å². The number of aryl methyl sites for hydroxylation is 1. The highest BCUT2D eigenvalue weighted by Crippen LogP contribution is 2.29. The minimum atomic E-state index is -0.728. The molecule has 31 heavy (non-hydrogen) atoms. The number of halogens is 2. The first-order valence-corrected chi connectivity index (χ1v) is 10.3. The first kappa shape index (κ1) is 21.0. The van der Waals surface area contributed by atoms with E-state index in [1.807, 2.05) is 6.92 Å². The summed E-state index contributed by atoms with van der Waals surface area (Å²) in [6.07, 6.45) is 3.70. The van der Waals surface area contributed by atoms with Gasteiger partial charge in [-0.25, -0.2) is 13.8 Å². The third-order valence-corrected chi connectivity index (χ3v) is 5.83. The SMILES string of the molecule is Cc1c(CC(=O)N[C@@H](C)c2ccc(F)cc2F)c(=O)[nH]c2ccnc(N3CCCC3)c12. The van der Waals surface area contributed by atoms with Crippen molar-refractivity contribution in [2.24, 2.45) is 0 Å². The van der Waals surface area contributed by atoms with Crippen molar-refractivity contribution in [3.8, 4) is 0 Å². The first-order chi connectivity index (χ1) is 14.8. The van der Waals surface area contributed by atoms with E-state index >= 15 is 0 Å². The minimum Gasteiger partial charge on any atom is -0.356 e. The second-order valence-electron chi connectivity index (χ2n) is 7.94. The molecule has 2 N–H and O–H groups in total. The fraction of sp³-hybridized carbons (Fsp3) is 0.348. The summed E-state index contributed by atoms with van der Waals surface area (Å²) in [5, 5.41) is 3.53. The van der Waals surface area contributed by atoms with Gasteiger partial charge in [-0.15, -0.1) is 0 Å². The number of pyridine rings is 2. The van der Waals surface area contributed by atoms with E-state index < -0.39 is 23.6 Å². The van der Waals surface area contributed by atoms with Gasteiger partial charge in [0.2, 0.25) is 5.91 Å². The maximum absolute atomic E-state index is 14.0. The van der Waals surface area contributed by atoms with Crippen molar-refractivity contribution in [2.45, 2.75) is 39.2 Å². The molecule has 162 valence electrons. The number of nitrogens with zero attached hydrogens (tertiary/aromatic N) is 2. The van der Waals surface area contributed by atoms with E-state index in [9.17, 15) is 18.4 Å². The predicted octanol–water partition coefficient (Wildman–Crippen LogP) is 3.53. The van der Waals surface area contributed by atoms with Crippen LogP contribution in [-0.4, -0.2) is 29.0 Å². The third-order valence-electron chi connectivity index (χ3n) is 5.83. The number of aromatic amines is 1. The number of rotatable bonds is 5. The zero-order chi connectivity index (χ0) is 22.1. The van der Waals surface area contributed by atoms with Crippen LogP contribution in [0.2, 0.25) is 0 Å². The predicted molar refractivity (Wildman–Crippen MR) is 115 cm³/mol. The number of hydrogen-bond donors (Lipinski definition) is 2. The second-order valence-corrected chi connectivity index (χ2v) is 7.94. The van der Waals surface area contributed by atoms with Crippen LogP contribution in [0.1, 0.15) is 42.5 Å². The topological polar surface area (TPSA) is 78.1 Å². The molecule has 2 aromatic heterocycles. The van der Waals surface area contributed by atoms with Crippen LogP contribution in [0.4, 0.5) is 14.6 Å². The summed E-state index contributed by atoms with van der Waals surface area (Å²) in [7, 11) is 0. The van der Waals surface area contributed by atoms with Gasteiger partial charge < -0.3 is 15.2 Å². The molecule has 0 bridgehead atoms. The van der Waals surface area contributed by atoms with Crippen molar-refractivity contribution in [1.82, 2.24) is 15.3 Å². The molecular formula is C23H24F2N4O2. The van der Waals surface area contributed by atoms with E-state index in [1.54, 1.807) is 19.2 Å². The van der Waals surface area contributed by atoms with E-state index in [0.29, 0.717) is 16.6 Å². The van der Waals surface area contributed by atoms with Gasteiger partial charge >= 0.3 is 0 Å². The minimum absolute atomic E-state index is 0.154. The fourth-order valence-corrected chi connectivity index (χ4v) is 4.21. The Labute approximate surface area is 178 Å². The normalized spacial score (nSPS) is 14.8. The third kappa shape index (κ3) is 4.15. The van der Waals surface area contributed by atoms with Gasteiger partial charge in [-0.2, -0.15) is 0 Å². The largest absolute Gasteiger partial charge is 0.356 e. The molecule has 1 aliphatic rings. The highest BCUT2D eigenvalue weighted by Gasteiger charge is 2.22. The van der Waals surface area contributed by atoms with Crippen LogP contribution in [0.15, 0.2) is 35.3 Å². The Hall–Kier alpha value is -3.29. The molecule has 0 spiro atoms. The molecule has 0 saturated carbocycles. The number of carbonyl (C=O) groups excluding carboxylic acids is 1. The lowest BCUT2D eigenvalue weighted by Crippen LogP contribution is -2.31. The molecular weight excluding hydrogens is 402 g/mol. The molecule has 3 aromatic rings. The van der Waals surface area contributed by atoms with E-state index in [2.05, 4.69) is 20.2 Å².